The van der Waals surface area contributed by atoms with E-state index in [0.29, 0.717) is 23.6 Å². The van der Waals surface area contributed by atoms with E-state index in [2.05, 4.69) is 10.1 Å². The molecule has 1 aromatic heterocycles. The second-order valence-corrected chi connectivity index (χ2v) is 7.89. The van der Waals surface area contributed by atoms with E-state index < -0.39 is 15.7 Å². The zero-order chi connectivity index (χ0) is 18.7. The molecule has 26 heavy (non-hydrogen) atoms. The first-order valence-corrected chi connectivity index (χ1v) is 9.74. The molecular formula is C18H17N3O4S. The van der Waals surface area contributed by atoms with Gasteiger partial charge in [-0.15, -0.1) is 0 Å². The lowest BCUT2D eigenvalue weighted by molar-refractivity contribution is 0.0987. The number of primary amides is 1. The van der Waals surface area contributed by atoms with Gasteiger partial charge in [0.2, 0.25) is 5.89 Å². The maximum atomic E-state index is 11.5. The monoisotopic (exact) mass is 371 g/mol. The second kappa shape index (κ2) is 7.09. The van der Waals surface area contributed by atoms with Crippen LogP contribution < -0.4 is 5.73 Å². The van der Waals surface area contributed by atoms with Crippen molar-refractivity contribution in [3.8, 4) is 11.1 Å². The normalized spacial score (nSPS) is 11.4. The fraction of sp³-hybridized carbons (Fsp3) is 0.167. The molecule has 0 saturated heterocycles. The van der Waals surface area contributed by atoms with Crippen LogP contribution in [-0.4, -0.2) is 30.7 Å². The molecule has 0 bridgehead atoms. The minimum Gasteiger partial charge on any atom is -0.363 e. The number of hydrogen-bond donors (Lipinski definition) is 1. The summed E-state index contributed by atoms with van der Waals surface area (Å²) in [6, 6.07) is 14.7. The molecule has 0 aliphatic rings. The van der Waals surface area contributed by atoms with Gasteiger partial charge in [0, 0.05) is 12.7 Å². The highest BCUT2D eigenvalue weighted by molar-refractivity contribution is 7.90. The van der Waals surface area contributed by atoms with Crippen LogP contribution in [-0.2, 0) is 22.7 Å². The smallest absolute Gasteiger partial charge is 0.290 e. The van der Waals surface area contributed by atoms with Crippen LogP contribution in [0.2, 0.25) is 0 Å². The standard InChI is InChI=1S/C18H17N3O4S/c1-26(23,24)15-9-7-14(8-10-15)13-5-2-12(3-6-13)4-11-16-20-18(17(19)22)21-25-16/h2-3,5-10H,4,11H2,1H3,(H2,19,22). The number of carbonyl (C=O) groups is 1. The van der Waals surface area contributed by atoms with Crippen molar-refractivity contribution in [3.05, 3.63) is 65.8 Å². The molecule has 3 aromatic rings. The topological polar surface area (TPSA) is 116 Å². The van der Waals surface area contributed by atoms with E-state index in [4.69, 9.17) is 10.3 Å². The van der Waals surface area contributed by atoms with Crippen LogP contribution in [0, 0.1) is 0 Å². The molecule has 3 rings (SSSR count). The SMILES string of the molecule is CS(=O)(=O)c1ccc(-c2ccc(CCc3nc(C(N)=O)no3)cc2)cc1. The van der Waals surface area contributed by atoms with Gasteiger partial charge in [-0.25, -0.2) is 8.42 Å². The van der Waals surface area contributed by atoms with E-state index in [-0.39, 0.29) is 5.82 Å². The van der Waals surface area contributed by atoms with E-state index in [1.54, 1.807) is 24.3 Å². The number of nitrogens with two attached hydrogens (primary N) is 1. The quantitative estimate of drug-likeness (QED) is 0.708. The fourth-order valence-corrected chi connectivity index (χ4v) is 3.10. The molecule has 8 heteroatoms. The lowest BCUT2D eigenvalue weighted by Gasteiger charge is -2.05. The summed E-state index contributed by atoms with van der Waals surface area (Å²) in [5.41, 5.74) is 8.08. The Bertz CT molecular complexity index is 1020. The first-order valence-electron chi connectivity index (χ1n) is 7.85. The molecule has 0 aliphatic heterocycles. The summed E-state index contributed by atoms with van der Waals surface area (Å²) in [4.78, 5) is 15.2. The number of rotatable bonds is 6. The van der Waals surface area contributed by atoms with Crippen LogP contribution in [0.25, 0.3) is 11.1 Å². The highest BCUT2D eigenvalue weighted by Crippen LogP contribution is 2.22. The first-order chi connectivity index (χ1) is 12.3. The molecule has 0 fully saturated rings. The lowest BCUT2D eigenvalue weighted by atomic mass is 10.0. The molecule has 0 spiro atoms. The van der Waals surface area contributed by atoms with Crippen molar-refractivity contribution in [2.75, 3.05) is 6.26 Å². The van der Waals surface area contributed by atoms with E-state index in [1.807, 2.05) is 24.3 Å². The molecule has 0 aliphatic carbocycles. The van der Waals surface area contributed by atoms with Gasteiger partial charge in [0.25, 0.3) is 11.7 Å². The summed E-state index contributed by atoms with van der Waals surface area (Å²) in [5.74, 6) is -0.474. The number of aryl methyl sites for hydroxylation is 2. The molecular weight excluding hydrogens is 354 g/mol. The van der Waals surface area contributed by atoms with Crippen molar-refractivity contribution in [3.63, 3.8) is 0 Å². The molecule has 0 saturated carbocycles. The average molecular weight is 371 g/mol. The van der Waals surface area contributed by atoms with Crippen molar-refractivity contribution >= 4 is 15.7 Å². The third kappa shape index (κ3) is 4.15. The van der Waals surface area contributed by atoms with Crippen molar-refractivity contribution in [2.45, 2.75) is 17.7 Å². The number of benzene rings is 2. The van der Waals surface area contributed by atoms with Gasteiger partial charge in [-0.3, -0.25) is 4.79 Å². The predicted molar refractivity (Wildman–Crippen MR) is 95.2 cm³/mol. The van der Waals surface area contributed by atoms with Gasteiger partial charge < -0.3 is 10.3 Å². The largest absolute Gasteiger partial charge is 0.363 e. The highest BCUT2D eigenvalue weighted by Gasteiger charge is 2.11. The van der Waals surface area contributed by atoms with Crippen LogP contribution in [0.5, 0.6) is 0 Å². The van der Waals surface area contributed by atoms with Crippen LogP contribution >= 0.6 is 0 Å². The minimum absolute atomic E-state index is 0.118. The van der Waals surface area contributed by atoms with Crippen molar-refractivity contribution < 1.29 is 17.7 Å². The average Bonchev–Trinajstić information content (AvgIpc) is 3.09. The molecule has 134 valence electrons. The Morgan fingerprint density at radius 1 is 1.00 bits per heavy atom. The fourth-order valence-electron chi connectivity index (χ4n) is 2.47. The predicted octanol–water partition coefficient (Wildman–Crippen LogP) is 2.02. The Hall–Kier alpha value is -3.00. The number of carbonyl (C=O) groups excluding carboxylic acids is 1. The maximum absolute atomic E-state index is 11.5. The van der Waals surface area contributed by atoms with Gasteiger partial charge >= 0.3 is 0 Å². The van der Waals surface area contributed by atoms with E-state index >= 15 is 0 Å². The highest BCUT2D eigenvalue weighted by atomic mass is 32.2. The van der Waals surface area contributed by atoms with Crippen LogP contribution in [0.3, 0.4) is 0 Å². The summed E-state index contributed by atoms with van der Waals surface area (Å²) >= 11 is 0. The van der Waals surface area contributed by atoms with Crippen molar-refractivity contribution in [1.82, 2.24) is 10.1 Å². The second-order valence-electron chi connectivity index (χ2n) is 5.87. The Kier molecular flexibility index (Phi) is 4.85. The summed E-state index contributed by atoms with van der Waals surface area (Å²) in [6.45, 7) is 0. The summed E-state index contributed by atoms with van der Waals surface area (Å²) in [6.07, 6.45) is 2.36. The summed E-state index contributed by atoms with van der Waals surface area (Å²) < 4.78 is 28.0. The molecule has 0 radical (unpaired) electrons. The Balaban J connectivity index is 1.67. The van der Waals surface area contributed by atoms with Crippen LogP contribution in [0.1, 0.15) is 22.1 Å². The molecule has 1 heterocycles. The van der Waals surface area contributed by atoms with Gasteiger partial charge in [-0.2, -0.15) is 4.98 Å². The van der Waals surface area contributed by atoms with Crippen LogP contribution in [0.15, 0.2) is 57.9 Å². The summed E-state index contributed by atoms with van der Waals surface area (Å²) in [7, 11) is -3.19. The zero-order valence-electron chi connectivity index (χ0n) is 14.0. The number of amides is 1. The Morgan fingerprint density at radius 3 is 2.08 bits per heavy atom. The molecule has 0 atom stereocenters. The van der Waals surface area contributed by atoms with Gasteiger partial charge in [-0.1, -0.05) is 41.6 Å². The third-order valence-corrected chi connectivity index (χ3v) is 5.01. The third-order valence-electron chi connectivity index (χ3n) is 3.89. The number of hydrogen-bond acceptors (Lipinski definition) is 6. The number of aromatic nitrogens is 2. The first kappa shape index (κ1) is 17.8. The summed E-state index contributed by atoms with van der Waals surface area (Å²) in [5, 5.41) is 3.50. The van der Waals surface area contributed by atoms with Gasteiger partial charge in [-0.05, 0) is 35.2 Å². The van der Waals surface area contributed by atoms with Gasteiger partial charge in [0.15, 0.2) is 9.84 Å². The molecule has 2 N–H and O–H groups in total. The van der Waals surface area contributed by atoms with Gasteiger partial charge in [0.05, 0.1) is 4.90 Å². The molecule has 7 nitrogen and oxygen atoms in total. The van der Waals surface area contributed by atoms with E-state index in [1.165, 1.54) is 6.26 Å². The zero-order valence-corrected chi connectivity index (χ0v) is 14.9. The molecule has 2 aromatic carbocycles. The lowest BCUT2D eigenvalue weighted by Crippen LogP contribution is -2.12. The Morgan fingerprint density at radius 2 is 1.58 bits per heavy atom. The van der Waals surface area contributed by atoms with Crippen molar-refractivity contribution in [2.24, 2.45) is 5.73 Å². The van der Waals surface area contributed by atoms with Crippen LogP contribution in [0.4, 0.5) is 0 Å². The maximum Gasteiger partial charge on any atom is 0.290 e. The number of sulfone groups is 1. The number of nitrogens with zero attached hydrogens (tertiary/aromatic N) is 2. The Labute approximate surface area is 150 Å². The van der Waals surface area contributed by atoms with E-state index in [0.717, 1.165) is 16.7 Å². The van der Waals surface area contributed by atoms with E-state index in [9.17, 15) is 13.2 Å². The molecule has 1 amide bonds. The van der Waals surface area contributed by atoms with Gasteiger partial charge in [0.1, 0.15) is 0 Å². The van der Waals surface area contributed by atoms with Crippen molar-refractivity contribution in [1.29, 1.82) is 0 Å². The molecule has 0 unspecified atom stereocenters. The minimum atomic E-state index is -3.19.